The number of fused-ring (bicyclic) bond motifs is 1. The van der Waals surface area contributed by atoms with Crippen LogP contribution in [0.4, 0.5) is 5.13 Å². The van der Waals surface area contributed by atoms with Gasteiger partial charge in [0, 0.05) is 54.6 Å². The Bertz CT molecular complexity index is 1350. The van der Waals surface area contributed by atoms with Crippen LogP contribution in [0.2, 0.25) is 0 Å². The number of hydrogen-bond acceptors (Lipinski definition) is 8. The summed E-state index contributed by atoms with van der Waals surface area (Å²) in [6, 6.07) is 6.11. The Morgan fingerprint density at radius 2 is 1.86 bits per heavy atom. The van der Waals surface area contributed by atoms with Crippen molar-refractivity contribution in [3.8, 4) is 11.3 Å². The molecule has 226 valence electrons. The fourth-order valence-electron chi connectivity index (χ4n) is 6.20. The Hall–Kier alpha value is -3.08. The second-order valence-corrected chi connectivity index (χ2v) is 13.4. The van der Waals surface area contributed by atoms with Crippen LogP contribution in [0, 0.1) is 18.8 Å². The van der Waals surface area contributed by atoms with Gasteiger partial charge in [0.25, 0.3) is 5.91 Å². The molecule has 1 aromatic heterocycles. The third-order valence-corrected chi connectivity index (χ3v) is 9.83. The van der Waals surface area contributed by atoms with Crippen LogP contribution in [0.25, 0.3) is 11.3 Å². The Morgan fingerprint density at radius 1 is 1.17 bits per heavy atom. The number of anilines is 1. The monoisotopic (exact) mass is 593 g/mol. The standard InChI is InChI=1S/C32H43N5O4S/c1-7-20(4)24-17-37(28-26(38)18-41-29(24)28)31(40)25(16-19(2)3)33-30(39)23-10-8-22(9-11-23)27-21(5)42-32(34-27)36-14-12-35(6)13-15-36/h7-11,19,24-25,28-29H,12-18H2,1-6H3,(H,33,39)/b20-7+. The number of likely N-dealkylation sites (tertiary alicyclic amines) is 1. The van der Waals surface area contributed by atoms with Gasteiger partial charge in [0.05, 0.1) is 11.8 Å². The molecule has 2 aromatic rings. The van der Waals surface area contributed by atoms with E-state index >= 15 is 0 Å². The Balaban J connectivity index is 1.30. The van der Waals surface area contributed by atoms with E-state index in [2.05, 4.69) is 29.1 Å². The van der Waals surface area contributed by atoms with E-state index in [4.69, 9.17) is 9.72 Å². The molecule has 4 heterocycles. The van der Waals surface area contributed by atoms with Crippen molar-refractivity contribution in [2.45, 2.75) is 59.2 Å². The molecule has 3 fully saturated rings. The number of piperazine rings is 1. The number of hydrogen-bond donors (Lipinski definition) is 1. The van der Waals surface area contributed by atoms with E-state index in [1.54, 1.807) is 28.4 Å². The highest BCUT2D eigenvalue weighted by atomic mass is 32.1. The van der Waals surface area contributed by atoms with E-state index < -0.39 is 12.1 Å². The zero-order valence-electron chi connectivity index (χ0n) is 25.6. The smallest absolute Gasteiger partial charge is 0.251 e. The molecule has 0 saturated carbocycles. The van der Waals surface area contributed by atoms with E-state index in [1.165, 1.54) is 0 Å². The topological polar surface area (TPSA) is 95.1 Å². The maximum atomic E-state index is 13.9. The van der Waals surface area contributed by atoms with Crippen LogP contribution < -0.4 is 10.2 Å². The molecule has 4 atom stereocenters. The van der Waals surface area contributed by atoms with Gasteiger partial charge in [0.15, 0.2) is 10.9 Å². The predicted octanol–water partition coefficient (Wildman–Crippen LogP) is 3.78. The summed E-state index contributed by atoms with van der Waals surface area (Å²) < 4.78 is 5.83. The number of amides is 2. The number of nitrogens with one attached hydrogen (secondary N) is 1. The second kappa shape index (κ2) is 12.7. The molecule has 3 aliphatic heterocycles. The number of Topliss-reactive ketones (excluding diaryl/α,β-unsaturated/α-hetero) is 1. The first-order chi connectivity index (χ1) is 20.1. The molecule has 9 nitrogen and oxygen atoms in total. The number of ketones is 1. The van der Waals surface area contributed by atoms with Crippen LogP contribution in [0.3, 0.4) is 0 Å². The first-order valence-corrected chi connectivity index (χ1v) is 15.8. The van der Waals surface area contributed by atoms with Crippen LogP contribution in [-0.4, -0.2) is 96.9 Å². The molecular weight excluding hydrogens is 550 g/mol. The van der Waals surface area contributed by atoms with Crippen LogP contribution in [0.1, 0.15) is 49.4 Å². The minimum Gasteiger partial charge on any atom is -0.367 e. The minimum absolute atomic E-state index is 0.0233. The molecule has 0 radical (unpaired) electrons. The molecule has 0 aliphatic carbocycles. The van der Waals surface area contributed by atoms with Gasteiger partial charge < -0.3 is 24.8 Å². The number of aromatic nitrogens is 1. The zero-order chi connectivity index (χ0) is 30.1. The predicted molar refractivity (Wildman–Crippen MR) is 166 cm³/mol. The molecule has 3 aliphatic rings. The molecule has 42 heavy (non-hydrogen) atoms. The summed E-state index contributed by atoms with van der Waals surface area (Å²) in [6.07, 6.45) is 2.16. The SMILES string of the molecule is C/C=C(\C)C1CN(C(=O)C(CC(C)C)NC(=O)c2ccc(-c3nc(N4CCN(C)CC4)sc3C)cc2)C2C(=O)COC12. The van der Waals surface area contributed by atoms with Gasteiger partial charge in [-0.2, -0.15) is 0 Å². The molecule has 4 unspecified atom stereocenters. The second-order valence-electron chi connectivity index (χ2n) is 12.2. The highest BCUT2D eigenvalue weighted by Crippen LogP contribution is 2.37. The third kappa shape index (κ3) is 6.16. The Labute approximate surface area is 252 Å². The molecular formula is C32H43N5O4S. The largest absolute Gasteiger partial charge is 0.367 e. The van der Waals surface area contributed by atoms with Gasteiger partial charge in [-0.05, 0) is 52.3 Å². The number of nitrogens with zero attached hydrogens (tertiary/aromatic N) is 4. The van der Waals surface area contributed by atoms with Gasteiger partial charge in [0.2, 0.25) is 5.91 Å². The van der Waals surface area contributed by atoms with Gasteiger partial charge in [-0.15, -0.1) is 11.3 Å². The van der Waals surface area contributed by atoms with Gasteiger partial charge in [-0.25, -0.2) is 4.98 Å². The third-order valence-electron chi connectivity index (χ3n) is 8.80. The molecule has 5 rings (SSSR count). The highest BCUT2D eigenvalue weighted by Gasteiger charge is 2.53. The number of thiazole rings is 1. The van der Waals surface area contributed by atoms with Crippen molar-refractivity contribution in [1.29, 1.82) is 0 Å². The van der Waals surface area contributed by atoms with E-state index in [0.717, 1.165) is 53.0 Å². The van der Waals surface area contributed by atoms with Crippen LogP contribution in [0.5, 0.6) is 0 Å². The lowest BCUT2D eigenvalue weighted by Gasteiger charge is -2.32. The number of aryl methyl sites for hydroxylation is 1. The summed E-state index contributed by atoms with van der Waals surface area (Å²) in [5.74, 6) is -0.448. The molecule has 0 spiro atoms. The van der Waals surface area contributed by atoms with E-state index in [0.29, 0.717) is 18.5 Å². The van der Waals surface area contributed by atoms with Gasteiger partial charge in [0.1, 0.15) is 18.7 Å². The number of rotatable bonds is 8. The number of carbonyl (C=O) groups excluding carboxylic acids is 3. The van der Waals surface area contributed by atoms with Crippen molar-refractivity contribution in [2.24, 2.45) is 11.8 Å². The summed E-state index contributed by atoms with van der Waals surface area (Å²) in [5.41, 5.74) is 3.48. The van der Waals surface area contributed by atoms with Crippen molar-refractivity contribution in [2.75, 3.05) is 51.3 Å². The van der Waals surface area contributed by atoms with E-state index in [1.807, 2.05) is 45.9 Å². The normalized spacial score (nSPS) is 23.9. The lowest BCUT2D eigenvalue weighted by atomic mass is 9.94. The molecule has 3 saturated heterocycles. The van der Waals surface area contributed by atoms with Gasteiger partial charge in [-0.3, -0.25) is 14.4 Å². The fourth-order valence-corrected chi connectivity index (χ4v) is 7.18. The summed E-state index contributed by atoms with van der Waals surface area (Å²) >= 11 is 1.71. The maximum absolute atomic E-state index is 13.9. The first kappa shape index (κ1) is 30.4. The summed E-state index contributed by atoms with van der Waals surface area (Å²) in [6.45, 7) is 14.5. The molecule has 1 aromatic carbocycles. The lowest BCUT2D eigenvalue weighted by Crippen LogP contribution is -2.52. The van der Waals surface area contributed by atoms with Crippen molar-refractivity contribution in [3.05, 3.63) is 46.4 Å². The number of ether oxygens (including phenoxy) is 1. The zero-order valence-corrected chi connectivity index (χ0v) is 26.4. The Morgan fingerprint density at radius 3 is 2.50 bits per heavy atom. The number of allylic oxidation sites excluding steroid dienone is 1. The lowest BCUT2D eigenvalue weighted by molar-refractivity contribution is -0.138. The first-order valence-electron chi connectivity index (χ1n) is 15.0. The summed E-state index contributed by atoms with van der Waals surface area (Å²) in [4.78, 5) is 52.5. The van der Waals surface area contributed by atoms with E-state index in [9.17, 15) is 14.4 Å². The number of likely N-dealkylation sites (N-methyl/N-ethyl adjacent to an activating group) is 1. The average Bonchev–Trinajstić information content (AvgIpc) is 3.67. The summed E-state index contributed by atoms with van der Waals surface area (Å²) in [7, 11) is 2.14. The van der Waals surface area contributed by atoms with Crippen molar-refractivity contribution < 1.29 is 19.1 Å². The minimum atomic E-state index is -0.734. The van der Waals surface area contributed by atoms with Crippen molar-refractivity contribution in [1.82, 2.24) is 20.1 Å². The van der Waals surface area contributed by atoms with Gasteiger partial charge >= 0.3 is 0 Å². The molecule has 0 bridgehead atoms. The average molecular weight is 594 g/mol. The van der Waals surface area contributed by atoms with Crippen LogP contribution >= 0.6 is 11.3 Å². The Kier molecular flexibility index (Phi) is 9.15. The number of carbonyl (C=O) groups is 3. The van der Waals surface area contributed by atoms with Crippen LogP contribution in [-0.2, 0) is 14.3 Å². The fraction of sp³-hybridized carbons (Fsp3) is 0.562. The van der Waals surface area contributed by atoms with Crippen molar-refractivity contribution >= 4 is 34.1 Å². The van der Waals surface area contributed by atoms with Crippen molar-refractivity contribution in [3.63, 3.8) is 0 Å². The quantitative estimate of drug-likeness (QED) is 0.466. The molecule has 10 heteroatoms. The highest BCUT2D eigenvalue weighted by molar-refractivity contribution is 7.16. The van der Waals surface area contributed by atoms with E-state index in [-0.39, 0.29) is 42.1 Å². The van der Waals surface area contributed by atoms with Gasteiger partial charge in [-0.1, -0.05) is 37.6 Å². The molecule has 2 amide bonds. The van der Waals surface area contributed by atoms with Crippen LogP contribution in [0.15, 0.2) is 35.9 Å². The number of benzene rings is 1. The summed E-state index contributed by atoms with van der Waals surface area (Å²) in [5, 5.41) is 4.03. The maximum Gasteiger partial charge on any atom is 0.251 e. The molecule has 1 N–H and O–H groups in total.